The number of amides is 2. The molecule has 2 amide bonds. The Balaban J connectivity index is 1.70. The van der Waals surface area contributed by atoms with E-state index in [1.54, 1.807) is 30.5 Å². The van der Waals surface area contributed by atoms with Crippen LogP contribution in [0.4, 0.5) is 11.6 Å². The third-order valence-corrected chi connectivity index (χ3v) is 5.34. The predicted octanol–water partition coefficient (Wildman–Crippen LogP) is 3.53. The van der Waals surface area contributed by atoms with Crippen LogP contribution in [-0.4, -0.2) is 32.4 Å². The molecular weight excluding hydrogens is 380 g/mol. The van der Waals surface area contributed by atoms with Gasteiger partial charge in [0.05, 0.1) is 0 Å². The second-order valence-electron chi connectivity index (χ2n) is 8.01. The maximum Gasteiger partial charge on any atom is 0.268 e. The van der Waals surface area contributed by atoms with E-state index in [0.717, 1.165) is 42.4 Å². The molecule has 0 aliphatic heterocycles. The van der Waals surface area contributed by atoms with E-state index in [2.05, 4.69) is 20.2 Å². The second kappa shape index (κ2) is 8.14. The average Bonchev–Trinajstić information content (AvgIpc) is 3.35. The Labute approximate surface area is 174 Å². The van der Waals surface area contributed by atoms with Crippen LogP contribution in [0.3, 0.4) is 0 Å². The molecule has 30 heavy (non-hydrogen) atoms. The normalized spacial score (nSPS) is 14.4. The summed E-state index contributed by atoms with van der Waals surface area (Å²) in [4.78, 5) is 33.2. The lowest BCUT2D eigenvalue weighted by Gasteiger charge is -2.18. The van der Waals surface area contributed by atoms with Gasteiger partial charge in [-0.15, -0.1) is 0 Å². The molecule has 1 aromatic carbocycles. The fraction of sp³-hybridized carbons (Fsp3) is 0.364. The summed E-state index contributed by atoms with van der Waals surface area (Å²) in [6.45, 7) is 3.90. The number of fused-ring (bicyclic) bond motifs is 1. The monoisotopic (exact) mass is 406 g/mol. The number of nitrogens with zero attached hydrogens (tertiary/aromatic N) is 3. The molecule has 1 saturated carbocycles. The van der Waals surface area contributed by atoms with Crippen molar-refractivity contribution >= 4 is 34.5 Å². The van der Waals surface area contributed by atoms with Gasteiger partial charge in [-0.2, -0.15) is 4.98 Å². The van der Waals surface area contributed by atoms with Crippen LogP contribution in [0.15, 0.2) is 36.5 Å². The van der Waals surface area contributed by atoms with Crippen molar-refractivity contribution in [3.63, 3.8) is 0 Å². The van der Waals surface area contributed by atoms with E-state index in [-0.39, 0.29) is 18.0 Å². The zero-order chi connectivity index (χ0) is 21.3. The van der Waals surface area contributed by atoms with Crippen LogP contribution in [0, 0.1) is 0 Å². The second-order valence-corrected chi connectivity index (χ2v) is 8.01. The molecule has 0 atom stereocenters. The summed E-state index contributed by atoms with van der Waals surface area (Å²) in [5.41, 5.74) is 7.86. The highest BCUT2D eigenvalue weighted by atomic mass is 16.2. The van der Waals surface area contributed by atoms with E-state index in [1.807, 2.05) is 19.9 Å². The zero-order valence-corrected chi connectivity index (χ0v) is 17.2. The van der Waals surface area contributed by atoms with Crippen molar-refractivity contribution in [2.75, 3.05) is 5.32 Å². The molecule has 1 aliphatic rings. The van der Waals surface area contributed by atoms with Gasteiger partial charge >= 0.3 is 0 Å². The molecular formula is C22H26N6O2. The number of carbonyl (C=O) groups is 2. The van der Waals surface area contributed by atoms with Gasteiger partial charge in [0.15, 0.2) is 0 Å². The zero-order valence-electron chi connectivity index (χ0n) is 17.2. The van der Waals surface area contributed by atoms with Gasteiger partial charge in [0.25, 0.3) is 5.91 Å². The van der Waals surface area contributed by atoms with Gasteiger partial charge in [-0.3, -0.25) is 9.59 Å². The van der Waals surface area contributed by atoms with Crippen LogP contribution in [0.2, 0.25) is 0 Å². The van der Waals surface area contributed by atoms with Gasteiger partial charge in [0.1, 0.15) is 11.3 Å². The van der Waals surface area contributed by atoms with Crippen LogP contribution in [0.25, 0.3) is 11.0 Å². The summed E-state index contributed by atoms with van der Waals surface area (Å²) in [6, 6.07) is 9.00. The molecule has 0 spiro atoms. The van der Waals surface area contributed by atoms with Crippen LogP contribution in [0.1, 0.15) is 66.4 Å². The smallest absolute Gasteiger partial charge is 0.268 e. The van der Waals surface area contributed by atoms with Crippen molar-refractivity contribution in [2.24, 2.45) is 5.73 Å². The molecule has 0 bridgehead atoms. The molecule has 8 heteroatoms. The fourth-order valence-electron chi connectivity index (χ4n) is 3.96. The number of rotatable bonds is 6. The molecule has 156 valence electrons. The summed E-state index contributed by atoms with van der Waals surface area (Å²) in [5, 5.41) is 6.99. The Kier molecular flexibility index (Phi) is 5.39. The van der Waals surface area contributed by atoms with E-state index in [1.165, 1.54) is 0 Å². The van der Waals surface area contributed by atoms with Crippen LogP contribution in [-0.2, 0) is 0 Å². The Hall–Kier alpha value is -3.42. The summed E-state index contributed by atoms with van der Waals surface area (Å²) in [6.07, 6.45) is 6.11. The minimum absolute atomic E-state index is 0.0548. The molecule has 2 aromatic heterocycles. The number of primary amides is 1. The van der Waals surface area contributed by atoms with E-state index in [9.17, 15) is 9.59 Å². The van der Waals surface area contributed by atoms with Gasteiger partial charge in [0.2, 0.25) is 11.9 Å². The molecule has 0 radical (unpaired) electrons. The molecule has 2 heterocycles. The standard InChI is InChI=1S/C22H26N6O2/c1-13(2)25-21(30)18-11-15-12-24-22(26-16-9-7-14(8-10-16)19(23)29)27-20(15)28(18)17-5-3-4-6-17/h7-13,17H,3-6H2,1-2H3,(H2,23,29)(H,25,30)(H,24,26,27). The number of nitrogens with two attached hydrogens (primary N) is 1. The summed E-state index contributed by atoms with van der Waals surface area (Å²) in [5.74, 6) is -0.130. The highest BCUT2D eigenvalue weighted by molar-refractivity contribution is 5.98. The van der Waals surface area contributed by atoms with Gasteiger partial charge in [-0.1, -0.05) is 12.8 Å². The SMILES string of the molecule is CC(C)NC(=O)c1cc2cnc(Nc3ccc(C(N)=O)cc3)nc2n1C1CCCC1. The van der Waals surface area contributed by atoms with Gasteiger partial charge < -0.3 is 20.9 Å². The fourth-order valence-corrected chi connectivity index (χ4v) is 3.96. The van der Waals surface area contributed by atoms with Gasteiger partial charge in [-0.05, 0) is 57.0 Å². The molecule has 0 unspecified atom stereocenters. The average molecular weight is 406 g/mol. The number of anilines is 2. The molecule has 1 fully saturated rings. The van der Waals surface area contributed by atoms with Crippen molar-refractivity contribution in [3.8, 4) is 0 Å². The Morgan fingerprint density at radius 3 is 2.50 bits per heavy atom. The molecule has 8 nitrogen and oxygen atoms in total. The van der Waals surface area contributed by atoms with Crippen molar-refractivity contribution in [1.29, 1.82) is 0 Å². The highest BCUT2D eigenvalue weighted by Gasteiger charge is 2.26. The molecule has 3 aromatic rings. The third kappa shape index (κ3) is 3.98. The summed E-state index contributed by atoms with van der Waals surface area (Å²) >= 11 is 0. The number of nitrogens with one attached hydrogen (secondary N) is 2. The van der Waals surface area contributed by atoms with E-state index in [4.69, 9.17) is 10.7 Å². The van der Waals surface area contributed by atoms with E-state index < -0.39 is 5.91 Å². The lowest BCUT2D eigenvalue weighted by molar-refractivity contribution is 0.0931. The molecule has 1 aliphatic carbocycles. The minimum atomic E-state index is -0.471. The van der Waals surface area contributed by atoms with Crippen LogP contribution in [0.5, 0.6) is 0 Å². The lowest BCUT2D eigenvalue weighted by atomic mass is 10.2. The first-order chi connectivity index (χ1) is 14.4. The number of aromatic nitrogens is 3. The minimum Gasteiger partial charge on any atom is -0.366 e. The van der Waals surface area contributed by atoms with Crippen LogP contribution >= 0.6 is 0 Å². The van der Waals surface area contributed by atoms with Crippen molar-refractivity contribution in [3.05, 3.63) is 47.8 Å². The summed E-state index contributed by atoms with van der Waals surface area (Å²) < 4.78 is 2.07. The molecule has 4 N–H and O–H groups in total. The molecule has 4 rings (SSSR count). The highest BCUT2D eigenvalue weighted by Crippen LogP contribution is 2.34. The van der Waals surface area contributed by atoms with Crippen molar-refractivity contribution in [1.82, 2.24) is 19.9 Å². The maximum absolute atomic E-state index is 12.8. The quantitative estimate of drug-likeness (QED) is 0.579. The first-order valence-corrected chi connectivity index (χ1v) is 10.3. The van der Waals surface area contributed by atoms with Crippen molar-refractivity contribution in [2.45, 2.75) is 51.6 Å². The molecule has 0 saturated heterocycles. The first-order valence-electron chi connectivity index (χ1n) is 10.3. The Morgan fingerprint density at radius 1 is 1.17 bits per heavy atom. The van der Waals surface area contributed by atoms with Crippen LogP contribution < -0.4 is 16.4 Å². The topological polar surface area (TPSA) is 115 Å². The van der Waals surface area contributed by atoms with E-state index >= 15 is 0 Å². The van der Waals surface area contributed by atoms with E-state index in [0.29, 0.717) is 17.2 Å². The lowest BCUT2D eigenvalue weighted by Crippen LogP contribution is -2.32. The number of hydrogen-bond donors (Lipinski definition) is 3. The number of benzene rings is 1. The number of hydrogen-bond acceptors (Lipinski definition) is 5. The maximum atomic E-state index is 12.8. The van der Waals surface area contributed by atoms with Crippen molar-refractivity contribution < 1.29 is 9.59 Å². The third-order valence-electron chi connectivity index (χ3n) is 5.34. The first kappa shape index (κ1) is 19.9. The summed E-state index contributed by atoms with van der Waals surface area (Å²) in [7, 11) is 0. The Bertz CT molecular complexity index is 1080. The number of carbonyl (C=O) groups excluding carboxylic acids is 2. The largest absolute Gasteiger partial charge is 0.366 e. The predicted molar refractivity (Wildman–Crippen MR) is 116 cm³/mol. The Morgan fingerprint density at radius 2 is 1.87 bits per heavy atom. The van der Waals surface area contributed by atoms with Gasteiger partial charge in [0, 0.05) is 34.9 Å². The van der Waals surface area contributed by atoms with Gasteiger partial charge in [-0.25, -0.2) is 4.98 Å².